The van der Waals surface area contributed by atoms with Gasteiger partial charge in [-0.05, 0) is 41.7 Å². The van der Waals surface area contributed by atoms with E-state index in [0.29, 0.717) is 17.8 Å². The fraction of sp³-hybridized carbons (Fsp3) is 0.538. The summed E-state index contributed by atoms with van der Waals surface area (Å²) in [4.78, 5) is 0. The summed E-state index contributed by atoms with van der Waals surface area (Å²) in [6.07, 6.45) is 1.99. The molecular formula is C13H16O. The Kier molecular flexibility index (Phi) is 1.72. The van der Waals surface area contributed by atoms with Gasteiger partial charge in [0.05, 0.1) is 6.10 Å². The van der Waals surface area contributed by atoms with Crippen LogP contribution in [0.25, 0.3) is 0 Å². The third kappa shape index (κ3) is 0.992. The average Bonchev–Trinajstić information content (AvgIpc) is 2.41. The van der Waals surface area contributed by atoms with Crippen LogP contribution in [-0.2, 0) is 6.42 Å². The van der Waals surface area contributed by atoms with E-state index in [1.54, 1.807) is 0 Å². The van der Waals surface area contributed by atoms with E-state index in [1.165, 1.54) is 11.1 Å². The van der Waals surface area contributed by atoms with Gasteiger partial charge in [-0.2, -0.15) is 0 Å². The Labute approximate surface area is 84.8 Å². The first-order valence-corrected chi connectivity index (χ1v) is 5.53. The zero-order valence-corrected chi connectivity index (χ0v) is 8.48. The van der Waals surface area contributed by atoms with E-state index in [1.807, 2.05) is 0 Å². The monoisotopic (exact) mass is 188 g/mol. The van der Waals surface area contributed by atoms with Gasteiger partial charge in [0, 0.05) is 0 Å². The van der Waals surface area contributed by atoms with Gasteiger partial charge in [-0.15, -0.1) is 0 Å². The predicted octanol–water partition coefficient (Wildman–Crippen LogP) is 2.34. The van der Waals surface area contributed by atoms with Crippen LogP contribution < -0.4 is 0 Å². The van der Waals surface area contributed by atoms with E-state index in [0.717, 1.165) is 12.8 Å². The minimum Gasteiger partial charge on any atom is -0.393 e. The molecule has 74 valence electrons. The molecule has 1 fully saturated rings. The first kappa shape index (κ1) is 8.49. The second-order valence-corrected chi connectivity index (χ2v) is 4.84. The summed E-state index contributed by atoms with van der Waals surface area (Å²) < 4.78 is 0. The maximum absolute atomic E-state index is 9.94. The fourth-order valence-corrected chi connectivity index (χ4v) is 3.37. The van der Waals surface area contributed by atoms with Crippen LogP contribution in [0.4, 0.5) is 0 Å². The second kappa shape index (κ2) is 2.83. The number of aliphatic hydroxyl groups excluding tert-OH is 1. The highest BCUT2D eigenvalue weighted by Gasteiger charge is 2.44. The van der Waals surface area contributed by atoms with E-state index in [4.69, 9.17) is 0 Å². The molecular weight excluding hydrogens is 172 g/mol. The minimum atomic E-state index is -0.0672. The normalized spacial score (nSPS) is 39.6. The van der Waals surface area contributed by atoms with Crippen molar-refractivity contribution < 1.29 is 5.11 Å². The first-order chi connectivity index (χ1) is 6.77. The Morgan fingerprint density at radius 2 is 2.07 bits per heavy atom. The van der Waals surface area contributed by atoms with E-state index >= 15 is 0 Å². The summed E-state index contributed by atoms with van der Waals surface area (Å²) in [5.74, 6) is 1.79. The van der Waals surface area contributed by atoms with Crippen molar-refractivity contribution in [1.29, 1.82) is 0 Å². The maximum Gasteiger partial charge on any atom is 0.0580 e. The van der Waals surface area contributed by atoms with E-state index < -0.39 is 0 Å². The molecule has 3 rings (SSSR count). The number of hydrogen-bond donors (Lipinski definition) is 1. The van der Waals surface area contributed by atoms with Crippen molar-refractivity contribution >= 4 is 0 Å². The van der Waals surface area contributed by atoms with Crippen molar-refractivity contribution in [3.8, 4) is 0 Å². The highest BCUT2D eigenvalue weighted by molar-refractivity contribution is 5.36. The molecule has 0 aliphatic heterocycles. The van der Waals surface area contributed by atoms with Crippen LogP contribution in [0.5, 0.6) is 0 Å². The van der Waals surface area contributed by atoms with Crippen molar-refractivity contribution in [2.24, 2.45) is 11.8 Å². The van der Waals surface area contributed by atoms with Crippen LogP contribution >= 0.6 is 0 Å². The molecule has 2 bridgehead atoms. The van der Waals surface area contributed by atoms with Gasteiger partial charge >= 0.3 is 0 Å². The van der Waals surface area contributed by atoms with Gasteiger partial charge in [-0.3, -0.25) is 0 Å². The molecule has 1 aromatic rings. The Morgan fingerprint density at radius 1 is 1.29 bits per heavy atom. The molecule has 1 N–H and O–H groups in total. The van der Waals surface area contributed by atoms with Gasteiger partial charge < -0.3 is 5.11 Å². The van der Waals surface area contributed by atoms with Gasteiger partial charge in [0.2, 0.25) is 0 Å². The molecule has 2 aliphatic rings. The molecule has 14 heavy (non-hydrogen) atoms. The third-order valence-corrected chi connectivity index (χ3v) is 4.21. The number of rotatable bonds is 0. The highest BCUT2D eigenvalue weighted by atomic mass is 16.3. The van der Waals surface area contributed by atoms with E-state index in [9.17, 15) is 5.11 Å². The van der Waals surface area contributed by atoms with Crippen molar-refractivity contribution in [3.63, 3.8) is 0 Å². The van der Waals surface area contributed by atoms with Crippen molar-refractivity contribution in [3.05, 3.63) is 35.4 Å². The Hall–Kier alpha value is -0.820. The summed E-state index contributed by atoms with van der Waals surface area (Å²) in [6, 6.07) is 8.70. The van der Waals surface area contributed by atoms with Crippen molar-refractivity contribution in [2.75, 3.05) is 0 Å². The van der Waals surface area contributed by atoms with Gasteiger partial charge in [0.15, 0.2) is 0 Å². The molecule has 1 heteroatoms. The van der Waals surface area contributed by atoms with E-state index in [-0.39, 0.29) is 6.10 Å². The van der Waals surface area contributed by atoms with Crippen LogP contribution in [0.2, 0.25) is 0 Å². The van der Waals surface area contributed by atoms with Gasteiger partial charge in [-0.25, -0.2) is 0 Å². The fourth-order valence-electron chi connectivity index (χ4n) is 3.37. The summed E-state index contributed by atoms with van der Waals surface area (Å²) in [7, 11) is 0. The molecule has 1 nitrogen and oxygen atoms in total. The summed E-state index contributed by atoms with van der Waals surface area (Å²) >= 11 is 0. The molecule has 0 aromatic heterocycles. The average molecular weight is 188 g/mol. The molecule has 4 atom stereocenters. The van der Waals surface area contributed by atoms with Gasteiger partial charge in [-0.1, -0.05) is 31.2 Å². The first-order valence-electron chi connectivity index (χ1n) is 5.53. The molecule has 0 amide bonds. The number of aliphatic hydroxyl groups is 1. The zero-order valence-electron chi connectivity index (χ0n) is 8.48. The molecule has 0 heterocycles. The quantitative estimate of drug-likeness (QED) is 0.662. The third-order valence-electron chi connectivity index (χ3n) is 4.21. The van der Waals surface area contributed by atoms with E-state index in [2.05, 4.69) is 31.2 Å². The van der Waals surface area contributed by atoms with Crippen LogP contribution in [0, 0.1) is 11.8 Å². The lowest BCUT2D eigenvalue weighted by atomic mass is 9.76. The Morgan fingerprint density at radius 3 is 2.93 bits per heavy atom. The second-order valence-electron chi connectivity index (χ2n) is 4.84. The van der Waals surface area contributed by atoms with Crippen LogP contribution in [-0.4, -0.2) is 11.2 Å². The Bertz CT molecular complexity index is 358. The molecule has 4 unspecified atom stereocenters. The molecule has 2 aliphatic carbocycles. The van der Waals surface area contributed by atoms with Crippen molar-refractivity contribution in [1.82, 2.24) is 0 Å². The summed E-state index contributed by atoms with van der Waals surface area (Å²) in [5.41, 5.74) is 2.96. The molecule has 1 aromatic carbocycles. The molecule has 0 radical (unpaired) electrons. The summed E-state index contributed by atoms with van der Waals surface area (Å²) in [5, 5.41) is 9.94. The van der Waals surface area contributed by atoms with Crippen LogP contribution in [0.1, 0.15) is 30.4 Å². The number of fused-ring (bicyclic) bond motifs is 4. The lowest BCUT2D eigenvalue weighted by molar-refractivity contribution is 0.120. The minimum absolute atomic E-state index is 0.0672. The summed E-state index contributed by atoms with van der Waals surface area (Å²) in [6.45, 7) is 2.29. The lowest BCUT2D eigenvalue weighted by Crippen LogP contribution is -2.24. The maximum atomic E-state index is 9.94. The van der Waals surface area contributed by atoms with Gasteiger partial charge in [0.1, 0.15) is 0 Å². The molecule has 1 saturated carbocycles. The standard InChI is InChI=1S/C13H16O/c1-8-11-7-13(14)12(8)6-9-4-2-3-5-10(9)11/h2-5,8,11-14H,6-7H2,1H3. The molecule has 0 spiro atoms. The Balaban J connectivity index is 2.10. The number of benzene rings is 1. The molecule has 0 saturated heterocycles. The topological polar surface area (TPSA) is 20.2 Å². The van der Waals surface area contributed by atoms with Gasteiger partial charge in [0.25, 0.3) is 0 Å². The van der Waals surface area contributed by atoms with Crippen LogP contribution in [0.3, 0.4) is 0 Å². The zero-order chi connectivity index (χ0) is 9.71. The lowest BCUT2D eigenvalue weighted by Gasteiger charge is -2.29. The van der Waals surface area contributed by atoms with Crippen LogP contribution in [0.15, 0.2) is 24.3 Å². The largest absolute Gasteiger partial charge is 0.393 e. The highest BCUT2D eigenvalue weighted by Crippen LogP contribution is 2.49. The number of hydrogen-bond acceptors (Lipinski definition) is 1. The smallest absolute Gasteiger partial charge is 0.0580 e. The van der Waals surface area contributed by atoms with Crippen molar-refractivity contribution in [2.45, 2.75) is 31.8 Å². The SMILES string of the molecule is CC1C2CC(O)C1Cc1ccccc12. The predicted molar refractivity (Wildman–Crippen MR) is 56.2 cm³/mol.